The number of hydrogen-bond acceptors (Lipinski definition) is 5. The lowest BCUT2D eigenvalue weighted by Gasteiger charge is -2.13. The average molecular weight is 294 g/mol. The van der Waals surface area contributed by atoms with Crippen LogP contribution in [0.25, 0.3) is 0 Å². The maximum atomic E-state index is 11.6. The van der Waals surface area contributed by atoms with Crippen LogP contribution in [0.15, 0.2) is 22.8 Å². The fourth-order valence-electron chi connectivity index (χ4n) is 1.63. The van der Waals surface area contributed by atoms with E-state index in [4.69, 9.17) is 9.15 Å². The molecule has 7 nitrogen and oxygen atoms in total. The predicted octanol–water partition coefficient (Wildman–Crippen LogP) is 0.610. The molecule has 0 radical (unpaired) electrons. The van der Waals surface area contributed by atoms with Crippen LogP contribution in [0.5, 0.6) is 0 Å². The fourth-order valence-corrected chi connectivity index (χ4v) is 1.63. The SMILES string of the molecule is CC(OC(=O)CCNC(=O)c1ccco1)C(=O)NC1CC1. The number of hydrogen-bond donors (Lipinski definition) is 2. The Kier molecular flexibility index (Phi) is 4.97. The van der Waals surface area contributed by atoms with Crippen LogP contribution in [-0.2, 0) is 14.3 Å². The molecule has 1 unspecified atom stereocenters. The van der Waals surface area contributed by atoms with Gasteiger partial charge in [-0.2, -0.15) is 0 Å². The van der Waals surface area contributed by atoms with Crippen LogP contribution in [0.1, 0.15) is 36.7 Å². The van der Waals surface area contributed by atoms with Crippen molar-refractivity contribution in [2.75, 3.05) is 6.54 Å². The molecule has 2 amide bonds. The fraction of sp³-hybridized carbons (Fsp3) is 0.500. The first-order valence-electron chi connectivity index (χ1n) is 6.88. The van der Waals surface area contributed by atoms with E-state index in [9.17, 15) is 14.4 Å². The van der Waals surface area contributed by atoms with E-state index < -0.39 is 18.0 Å². The summed E-state index contributed by atoms with van der Waals surface area (Å²) in [6, 6.07) is 3.35. The largest absolute Gasteiger partial charge is 0.459 e. The smallest absolute Gasteiger partial charge is 0.308 e. The Balaban J connectivity index is 1.62. The Labute approximate surface area is 122 Å². The Morgan fingerprint density at radius 2 is 2.19 bits per heavy atom. The van der Waals surface area contributed by atoms with E-state index in [1.165, 1.54) is 19.3 Å². The number of carbonyl (C=O) groups is 3. The zero-order valence-corrected chi connectivity index (χ0v) is 11.8. The lowest BCUT2D eigenvalue weighted by atomic mass is 10.3. The molecule has 1 aromatic heterocycles. The van der Waals surface area contributed by atoms with E-state index in [1.807, 2.05) is 0 Å². The van der Waals surface area contributed by atoms with Gasteiger partial charge in [-0.15, -0.1) is 0 Å². The third-order valence-corrected chi connectivity index (χ3v) is 2.96. The van der Waals surface area contributed by atoms with Crippen LogP contribution < -0.4 is 10.6 Å². The Bertz CT molecular complexity index is 507. The van der Waals surface area contributed by atoms with Gasteiger partial charge in [0.1, 0.15) is 0 Å². The molecule has 0 aromatic carbocycles. The van der Waals surface area contributed by atoms with Crippen LogP contribution in [0.2, 0.25) is 0 Å². The molecular formula is C14H18N2O5. The Morgan fingerprint density at radius 3 is 2.81 bits per heavy atom. The van der Waals surface area contributed by atoms with Crippen molar-refractivity contribution in [3.8, 4) is 0 Å². The first-order valence-corrected chi connectivity index (χ1v) is 6.88. The summed E-state index contributed by atoms with van der Waals surface area (Å²) in [6.45, 7) is 1.65. The number of rotatable bonds is 7. The monoisotopic (exact) mass is 294 g/mol. The lowest BCUT2D eigenvalue weighted by Crippen LogP contribution is -2.37. The van der Waals surface area contributed by atoms with E-state index in [0.29, 0.717) is 0 Å². The third kappa shape index (κ3) is 4.94. The summed E-state index contributed by atoms with van der Waals surface area (Å²) in [6.07, 6.45) is 2.52. The van der Waals surface area contributed by atoms with Crippen LogP contribution in [0, 0.1) is 0 Å². The van der Waals surface area contributed by atoms with Gasteiger partial charge in [0.2, 0.25) is 0 Å². The molecule has 2 rings (SSSR count). The van der Waals surface area contributed by atoms with E-state index in [0.717, 1.165) is 12.8 Å². The number of ether oxygens (including phenoxy) is 1. The van der Waals surface area contributed by atoms with Crippen molar-refractivity contribution in [3.63, 3.8) is 0 Å². The molecule has 1 atom stereocenters. The van der Waals surface area contributed by atoms with Gasteiger partial charge in [0.25, 0.3) is 11.8 Å². The maximum Gasteiger partial charge on any atom is 0.308 e. The van der Waals surface area contributed by atoms with Gasteiger partial charge in [-0.05, 0) is 31.9 Å². The number of esters is 1. The molecule has 114 valence electrons. The molecule has 1 aliphatic rings. The molecule has 1 saturated carbocycles. The summed E-state index contributed by atoms with van der Waals surface area (Å²) in [5.41, 5.74) is 0. The van der Waals surface area contributed by atoms with E-state index in [2.05, 4.69) is 10.6 Å². The van der Waals surface area contributed by atoms with Gasteiger partial charge in [0, 0.05) is 12.6 Å². The predicted molar refractivity (Wildman–Crippen MR) is 72.4 cm³/mol. The molecule has 0 aliphatic heterocycles. The summed E-state index contributed by atoms with van der Waals surface area (Å²) >= 11 is 0. The van der Waals surface area contributed by atoms with E-state index in [-0.39, 0.29) is 30.7 Å². The summed E-state index contributed by atoms with van der Waals surface area (Å²) < 4.78 is 9.90. The van der Waals surface area contributed by atoms with Crippen molar-refractivity contribution in [1.29, 1.82) is 0 Å². The first kappa shape index (κ1) is 15.1. The molecular weight excluding hydrogens is 276 g/mol. The van der Waals surface area contributed by atoms with Crippen molar-refractivity contribution in [2.24, 2.45) is 0 Å². The molecule has 7 heteroatoms. The summed E-state index contributed by atoms with van der Waals surface area (Å²) in [4.78, 5) is 34.7. The van der Waals surface area contributed by atoms with E-state index in [1.54, 1.807) is 6.07 Å². The maximum absolute atomic E-state index is 11.6. The van der Waals surface area contributed by atoms with Gasteiger partial charge in [-0.3, -0.25) is 14.4 Å². The Hall–Kier alpha value is -2.31. The highest BCUT2D eigenvalue weighted by atomic mass is 16.5. The number of carbonyl (C=O) groups excluding carboxylic acids is 3. The molecule has 2 N–H and O–H groups in total. The normalized spacial score (nSPS) is 15.1. The van der Waals surface area contributed by atoms with Crippen LogP contribution in [0.3, 0.4) is 0 Å². The molecule has 0 saturated heterocycles. The highest BCUT2D eigenvalue weighted by Crippen LogP contribution is 2.18. The number of nitrogens with one attached hydrogen (secondary N) is 2. The second-order valence-corrected chi connectivity index (χ2v) is 4.90. The molecule has 0 bridgehead atoms. The van der Waals surface area contributed by atoms with Crippen molar-refractivity contribution >= 4 is 17.8 Å². The van der Waals surface area contributed by atoms with Crippen LogP contribution >= 0.6 is 0 Å². The zero-order valence-electron chi connectivity index (χ0n) is 11.8. The standard InChI is InChI=1S/C14H18N2O5/c1-9(13(18)16-10-4-5-10)21-12(17)6-7-15-14(19)11-3-2-8-20-11/h2-3,8-10H,4-7H2,1H3,(H,15,19)(H,16,18). The highest BCUT2D eigenvalue weighted by Gasteiger charge is 2.27. The minimum atomic E-state index is -0.820. The zero-order chi connectivity index (χ0) is 15.2. The van der Waals surface area contributed by atoms with Crippen molar-refractivity contribution in [2.45, 2.75) is 38.3 Å². The van der Waals surface area contributed by atoms with E-state index >= 15 is 0 Å². The van der Waals surface area contributed by atoms with Crippen molar-refractivity contribution < 1.29 is 23.5 Å². The number of amides is 2. The van der Waals surface area contributed by atoms with Crippen LogP contribution in [0.4, 0.5) is 0 Å². The molecule has 1 aliphatic carbocycles. The summed E-state index contributed by atoms with van der Waals surface area (Å²) in [5, 5.41) is 5.28. The van der Waals surface area contributed by atoms with Gasteiger partial charge in [0.15, 0.2) is 11.9 Å². The minimum absolute atomic E-state index is 0.00645. The average Bonchev–Trinajstić information content (AvgIpc) is 3.07. The second kappa shape index (κ2) is 6.92. The Morgan fingerprint density at radius 1 is 1.43 bits per heavy atom. The minimum Gasteiger partial charge on any atom is -0.459 e. The van der Waals surface area contributed by atoms with Gasteiger partial charge in [-0.1, -0.05) is 0 Å². The molecule has 21 heavy (non-hydrogen) atoms. The molecule has 1 fully saturated rings. The van der Waals surface area contributed by atoms with Crippen LogP contribution in [-0.4, -0.2) is 36.5 Å². The van der Waals surface area contributed by atoms with Gasteiger partial charge in [0.05, 0.1) is 12.7 Å². The van der Waals surface area contributed by atoms with Gasteiger partial charge >= 0.3 is 5.97 Å². The molecule has 0 spiro atoms. The number of furan rings is 1. The van der Waals surface area contributed by atoms with Gasteiger partial charge < -0.3 is 19.8 Å². The lowest BCUT2D eigenvalue weighted by molar-refractivity contribution is -0.154. The van der Waals surface area contributed by atoms with Gasteiger partial charge in [-0.25, -0.2) is 0 Å². The summed E-state index contributed by atoms with van der Waals surface area (Å²) in [5.74, 6) is -1.04. The molecule has 1 heterocycles. The quantitative estimate of drug-likeness (QED) is 0.718. The summed E-state index contributed by atoms with van der Waals surface area (Å²) in [7, 11) is 0. The van der Waals surface area contributed by atoms with Crippen molar-refractivity contribution in [1.82, 2.24) is 10.6 Å². The topological polar surface area (TPSA) is 97.6 Å². The second-order valence-electron chi connectivity index (χ2n) is 4.90. The molecule has 1 aromatic rings. The highest BCUT2D eigenvalue weighted by molar-refractivity contribution is 5.91. The van der Waals surface area contributed by atoms with Crippen molar-refractivity contribution in [3.05, 3.63) is 24.2 Å². The third-order valence-electron chi connectivity index (χ3n) is 2.96. The first-order chi connectivity index (χ1) is 10.1.